The van der Waals surface area contributed by atoms with E-state index in [1.54, 1.807) is 13.8 Å². The highest BCUT2D eigenvalue weighted by atomic mass is 19.4. The number of halogens is 3. The molecule has 0 saturated carbocycles. The third-order valence-corrected chi connectivity index (χ3v) is 5.26. The number of likely N-dealkylation sites (tertiary alicyclic amines) is 1. The molecule has 0 unspecified atom stereocenters. The Morgan fingerprint density at radius 1 is 1.35 bits per heavy atom. The smallest absolute Gasteiger partial charge is 0.361 e. The Balaban J connectivity index is 1.54. The fraction of sp³-hybridized carbons (Fsp3) is 0.526. The first-order valence-corrected chi connectivity index (χ1v) is 8.83. The Morgan fingerprint density at radius 2 is 2.08 bits per heavy atom. The highest BCUT2D eigenvalue weighted by Crippen LogP contribution is 2.44. The lowest BCUT2D eigenvalue weighted by Crippen LogP contribution is -2.54. The summed E-state index contributed by atoms with van der Waals surface area (Å²) in [6, 6.07) is 7.64. The van der Waals surface area contributed by atoms with Gasteiger partial charge in [-0.05, 0) is 29.9 Å². The first-order valence-electron chi connectivity index (χ1n) is 8.83. The Kier molecular flexibility index (Phi) is 4.90. The lowest BCUT2D eigenvalue weighted by molar-refractivity contribution is -0.214. The summed E-state index contributed by atoms with van der Waals surface area (Å²) in [5.74, 6) is -1.37. The quantitative estimate of drug-likeness (QED) is 0.833. The molecule has 0 spiro atoms. The van der Waals surface area contributed by atoms with Crippen LogP contribution >= 0.6 is 0 Å². The molecule has 142 valence electrons. The zero-order valence-electron chi connectivity index (χ0n) is 15.0. The van der Waals surface area contributed by atoms with Gasteiger partial charge in [-0.1, -0.05) is 32.0 Å². The fourth-order valence-corrected chi connectivity index (χ4v) is 3.89. The maximum absolute atomic E-state index is 13.1. The lowest BCUT2D eigenvalue weighted by atomic mass is 9.73. The van der Waals surface area contributed by atoms with E-state index in [0.29, 0.717) is 13.0 Å². The second-order valence-corrected chi connectivity index (χ2v) is 7.63. The van der Waals surface area contributed by atoms with Crippen molar-refractivity contribution in [3.8, 4) is 0 Å². The van der Waals surface area contributed by atoms with Gasteiger partial charge in [-0.15, -0.1) is 0 Å². The number of carbonyl (C=O) groups is 1. The molecule has 1 aromatic heterocycles. The Bertz CT molecular complexity index is 782. The van der Waals surface area contributed by atoms with Gasteiger partial charge < -0.3 is 15.2 Å². The van der Waals surface area contributed by atoms with Gasteiger partial charge in [0.2, 0.25) is 0 Å². The van der Waals surface area contributed by atoms with Crippen LogP contribution in [0.15, 0.2) is 30.5 Å². The van der Waals surface area contributed by atoms with Crippen LogP contribution in [0.2, 0.25) is 0 Å². The molecule has 2 N–H and O–H groups in total. The largest absolute Gasteiger partial charge is 0.392 e. The molecule has 0 aliphatic carbocycles. The third kappa shape index (κ3) is 3.81. The number of urea groups is 1. The summed E-state index contributed by atoms with van der Waals surface area (Å²) in [5.41, 5.74) is 1.17. The van der Waals surface area contributed by atoms with E-state index in [1.165, 1.54) is 4.90 Å². The summed E-state index contributed by atoms with van der Waals surface area (Å²) in [6.07, 6.45) is -1.68. The number of para-hydroxylation sites is 1. The molecule has 26 heavy (non-hydrogen) atoms. The zero-order chi connectivity index (χ0) is 18.9. The van der Waals surface area contributed by atoms with Gasteiger partial charge in [0.05, 0.1) is 5.92 Å². The molecule has 2 amide bonds. The molecule has 3 rings (SSSR count). The number of H-pyrrole nitrogens is 1. The van der Waals surface area contributed by atoms with Gasteiger partial charge in [0.25, 0.3) is 0 Å². The van der Waals surface area contributed by atoms with E-state index < -0.39 is 17.5 Å². The van der Waals surface area contributed by atoms with Gasteiger partial charge in [0.15, 0.2) is 0 Å². The maximum Gasteiger partial charge on any atom is 0.392 e. The van der Waals surface area contributed by atoms with Crippen molar-refractivity contribution in [1.29, 1.82) is 0 Å². The summed E-state index contributed by atoms with van der Waals surface area (Å²) in [7, 11) is 0. The number of nitrogens with one attached hydrogen (secondary N) is 2. The van der Waals surface area contributed by atoms with E-state index in [0.717, 1.165) is 16.5 Å². The summed E-state index contributed by atoms with van der Waals surface area (Å²) < 4.78 is 39.4. The molecule has 0 radical (unpaired) electrons. The van der Waals surface area contributed by atoms with Crippen LogP contribution in [0.1, 0.15) is 25.8 Å². The minimum absolute atomic E-state index is 0.0492. The molecule has 1 saturated heterocycles. The van der Waals surface area contributed by atoms with Crippen LogP contribution in [0.5, 0.6) is 0 Å². The van der Waals surface area contributed by atoms with E-state index in [2.05, 4.69) is 10.3 Å². The van der Waals surface area contributed by atoms with Crippen LogP contribution < -0.4 is 5.32 Å². The first kappa shape index (κ1) is 18.6. The molecule has 0 bridgehead atoms. The number of benzene rings is 1. The van der Waals surface area contributed by atoms with Crippen LogP contribution in [0, 0.1) is 11.3 Å². The molecular formula is C19H24F3N3O. The average molecular weight is 367 g/mol. The number of hydrogen-bond donors (Lipinski definition) is 2. The second kappa shape index (κ2) is 6.85. The van der Waals surface area contributed by atoms with Crippen molar-refractivity contribution in [2.45, 2.75) is 32.9 Å². The average Bonchev–Trinajstić information content (AvgIpc) is 2.96. The van der Waals surface area contributed by atoms with Crippen molar-refractivity contribution in [1.82, 2.24) is 15.2 Å². The third-order valence-electron chi connectivity index (χ3n) is 5.26. The van der Waals surface area contributed by atoms with Gasteiger partial charge in [0, 0.05) is 36.7 Å². The Morgan fingerprint density at radius 3 is 2.77 bits per heavy atom. The molecule has 1 aliphatic heterocycles. The van der Waals surface area contributed by atoms with Gasteiger partial charge in [-0.2, -0.15) is 13.2 Å². The van der Waals surface area contributed by atoms with Crippen LogP contribution in [-0.2, 0) is 6.42 Å². The maximum atomic E-state index is 13.1. The monoisotopic (exact) mass is 367 g/mol. The number of hydrogen-bond acceptors (Lipinski definition) is 1. The van der Waals surface area contributed by atoms with E-state index in [9.17, 15) is 18.0 Å². The first-order chi connectivity index (χ1) is 12.2. The molecule has 1 atom stereocenters. The van der Waals surface area contributed by atoms with Crippen molar-refractivity contribution in [2.24, 2.45) is 11.3 Å². The van der Waals surface area contributed by atoms with Gasteiger partial charge in [-0.25, -0.2) is 4.79 Å². The minimum Gasteiger partial charge on any atom is -0.361 e. The number of aromatic amines is 1. The summed E-state index contributed by atoms with van der Waals surface area (Å²) in [6.45, 7) is 3.84. The number of fused-ring (bicyclic) bond motifs is 1. The molecule has 1 aromatic carbocycles. The summed E-state index contributed by atoms with van der Waals surface area (Å²) in [5, 5.41) is 3.96. The van der Waals surface area contributed by atoms with Crippen molar-refractivity contribution in [3.05, 3.63) is 36.0 Å². The minimum atomic E-state index is -4.22. The van der Waals surface area contributed by atoms with E-state index in [4.69, 9.17) is 0 Å². The second-order valence-electron chi connectivity index (χ2n) is 7.63. The van der Waals surface area contributed by atoms with Gasteiger partial charge in [-0.3, -0.25) is 0 Å². The predicted molar refractivity (Wildman–Crippen MR) is 94.9 cm³/mol. The molecule has 2 aromatic rings. The molecular weight excluding hydrogens is 343 g/mol. The SMILES string of the molecule is CC1(C)CN(C(=O)NCCc2c[nH]c3ccccc23)CC[C@@H]1C(F)(F)F. The van der Waals surface area contributed by atoms with E-state index in [-0.39, 0.29) is 25.5 Å². The Labute approximate surface area is 150 Å². The molecule has 2 heterocycles. The number of alkyl halides is 3. The van der Waals surface area contributed by atoms with Gasteiger partial charge >= 0.3 is 12.2 Å². The normalized spacial score (nSPS) is 20.3. The standard InChI is InChI=1S/C19H24F3N3O/c1-18(2)12-25(10-8-16(18)19(20,21)22)17(26)23-9-7-13-11-24-15-6-4-3-5-14(13)15/h3-6,11,16,24H,7-10,12H2,1-2H3,(H,23,26)/t16-/m0/s1. The fourth-order valence-electron chi connectivity index (χ4n) is 3.89. The highest BCUT2D eigenvalue weighted by Gasteiger charge is 2.51. The molecule has 7 heteroatoms. The summed E-state index contributed by atoms with van der Waals surface area (Å²) >= 11 is 0. The number of amides is 2. The Hall–Kier alpha value is -2.18. The van der Waals surface area contributed by atoms with Crippen molar-refractivity contribution in [3.63, 3.8) is 0 Å². The van der Waals surface area contributed by atoms with E-state index in [1.807, 2.05) is 30.5 Å². The number of rotatable bonds is 3. The van der Waals surface area contributed by atoms with Crippen LogP contribution in [0.4, 0.5) is 18.0 Å². The van der Waals surface area contributed by atoms with Gasteiger partial charge in [0.1, 0.15) is 0 Å². The van der Waals surface area contributed by atoms with Crippen molar-refractivity contribution < 1.29 is 18.0 Å². The molecule has 1 aliphatic rings. The zero-order valence-corrected chi connectivity index (χ0v) is 15.0. The number of aromatic nitrogens is 1. The van der Waals surface area contributed by atoms with Crippen molar-refractivity contribution in [2.75, 3.05) is 19.6 Å². The predicted octanol–water partition coefficient (Wildman–Crippen LogP) is 4.33. The van der Waals surface area contributed by atoms with Crippen LogP contribution in [0.25, 0.3) is 10.9 Å². The molecule has 4 nitrogen and oxygen atoms in total. The van der Waals surface area contributed by atoms with E-state index >= 15 is 0 Å². The summed E-state index contributed by atoms with van der Waals surface area (Å²) in [4.78, 5) is 17.0. The van der Waals surface area contributed by atoms with Crippen LogP contribution in [0.3, 0.4) is 0 Å². The topological polar surface area (TPSA) is 48.1 Å². The number of carbonyl (C=O) groups excluding carboxylic acids is 1. The number of nitrogens with zero attached hydrogens (tertiary/aromatic N) is 1. The van der Waals surface area contributed by atoms with Crippen molar-refractivity contribution >= 4 is 16.9 Å². The molecule has 1 fully saturated rings. The highest BCUT2D eigenvalue weighted by molar-refractivity contribution is 5.83. The van der Waals surface area contributed by atoms with Crippen LogP contribution in [-0.4, -0.2) is 41.7 Å². The lowest BCUT2D eigenvalue weighted by Gasteiger charge is -2.44. The number of piperidine rings is 1.